The molecular formula is C10H10FN3O2. The highest BCUT2D eigenvalue weighted by Crippen LogP contribution is 2.20. The van der Waals surface area contributed by atoms with Crippen LogP contribution in [0.3, 0.4) is 0 Å². The zero-order valence-electron chi connectivity index (χ0n) is 8.39. The maximum absolute atomic E-state index is 12.7. The van der Waals surface area contributed by atoms with E-state index in [0.29, 0.717) is 18.9 Å². The van der Waals surface area contributed by atoms with Gasteiger partial charge in [-0.2, -0.15) is 0 Å². The second kappa shape index (κ2) is 4.18. The summed E-state index contributed by atoms with van der Waals surface area (Å²) >= 11 is 0. The summed E-state index contributed by atoms with van der Waals surface area (Å²) < 4.78 is 12.7. The molecule has 0 saturated carbocycles. The first-order valence-corrected chi connectivity index (χ1v) is 4.79. The van der Waals surface area contributed by atoms with Crippen LogP contribution in [0.25, 0.3) is 0 Å². The molecule has 0 aliphatic carbocycles. The van der Waals surface area contributed by atoms with Crippen molar-refractivity contribution in [1.82, 2.24) is 5.32 Å². The molecule has 0 amide bonds. The quantitative estimate of drug-likeness (QED) is 0.606. The number of hydrogen-bond donors (Lipinski definition) is 1. The zero-order valence-corrected chi connectivity index (χ0v) is 8.39. The highest BCUT2D eigenvalue weighted by Gasteiger charge is 2.20. The van der Waals surface area contributed by atoms with Crippen molar-refractivity contribution < 1.29 is 9.31 Å². The Bertz CT molecular complexity index is 430. The molecule has 0 radical (unpaired) electrons. The van der Waals surface area contributed by atoms with Crippen molar-refractivity contribution in [3.05, 3.63) is 52.2 Å². The summed E-state index contributed by atoms with van der Waals surface area (Å²) in [5.41, 5.74) is 0.736. The van der Waals surface area contributed by atoms with Crippen molar-refractivity contribution in [1.29, 1.82) is 0 Å². The highest BCUT2D eigenvalue weighted by atomic mass is 19.1. The van der Waals surface area contributed by atoms with E-state index in [9.17, 15) is 14.5 Å². The normalized spacial score (nSPS) is 17.6. The van der Waals surface area contributed by atoms with E-state index in [1.165, 1.54) is 12.1 Å². The van der Waals surface area contributed by atoms with Gasteiger partial charge in [-0.15, -0.1) is 0 Å². The molecule has 5 nitrogen and oxygen atoms in total. The molecule has 1 fully saturated rings. The van der Waals surface area contributed by atoms with Crippen LogP contribution < -0.4 is 10.2 Å². The van der Waals surface area contributed by atoms with Crippen molar-refractivity contribution in [2.24, 2.45) is 0 Å². The van der Waals surface area contributed by atoms with Crippen LogP contribution in [0, 0.1) is 15.9 Å². The maximum atomic E-state index is 12.7. The van der Waals surface area contributed by atoms with Gasteiger partial charge in [-0.05, 0) is 24.3 Å². The molecule has 16 heavy (non-hydrogen) atoms. The third kappa shape index (κ3) is 2.10. The number of nitrogens with zero attached hydrogens (tertiary/aromatic N) is 2. The summed E-state index contributed by atoms with van der Waals surface area (Å²) in [4.78, 5) is 11.6. The van der Waals surface area contributed by atoms with Crippen LogP contribution in [0.1, 0.15) is 0 Å². The number of halogens is 1. The Morgan fingerprint density at radius 1 is 1.44 bits per heavy atom. The van der Waals surface area contributed by atoms with Crippen LogP contribution in [0.15, 0.2) is 36.3 Å². The lowest BCUT2D eigenvalue weighted by atomic mass is 10.3. The van der Waals surface area contributed by atoms with E-state index >= 15 is 0 Å². The lowest BCUT2D eigenvalue weighted by Crippen LogP contribution is -2.20. The molecule has 0 unspecified atom stereocenters. The van der Waals surface area contributed by atoms with E-state index in [1.807, 2.05) is 0 Å². The van der Waals surface area contributed by atoms with Crippen molar-refractivity contribution in [2.75, 3.05) is 18.0 Å². The SMILES string of the molecule is O=[N+]([O-])C=C1NCCN1c1ccc(F)cc1. The minimum absolute atomic E-state index is 0.323. The van der Waals surface area contributed by atoms with E-state index in [4.69, 9.17) is 0 Å². The van der Waals surface area contributed by atoms with Gasteiger partial charge in [0.25, 0.3) is 6.20 Å². The van der Waals surface area contributed by atoms with Crippen LogP contribution in [0.5, 0.6) is 0 Å². The fourth-order valence-electron chi connectivity index (χ4n) is 1.62. The summed E-state index contributed by atoms with van der Waals surface area (Å²) in [6, 6.07) is 5.85. The second-order valence-corrected chi connectivity index (χ2v) is 3.35. The molecule has 1 saturated heterocycles. The predicted octanol–water partition coefficient (Wildman–Crippen LogP) is 1.31. The maximum Gasteiger partial charge on any atom is 0.274 e. The molecular weight excluding hydrogens is 213 g/mol. The molecule has 0 bridgehead atoms. The molecule has 1 aliphatic rings. The standard InChI is InChI=1S/C10H10FN3O2/c11-8-1-3-9(4-2-8)13-6-5-12-10(13)7-14(15)16/h1-4,7,12H,5-6H2. The smallest absolute Gasteiger partial charge is 0.274 e. The summed E-state index contributed by atoms with van der Waals surface area (Å²) in [6.07, 6.45) is 0.913. The minimum atomic E-state index is -0.510. The number of hydrogen-bond acceptors (Lipinski definition) is 4. The lowest BCUT2D eigenvalue weighted by molar-refractivity contribution is -0.403. The van der Waals surface area contributed by atoms with Crippen molar-refractivity contribution in [3.63, 3.8) is 0 Å². The van der Waals surface area contributed by atoms with Crippen LogP contribution in [0.4, 0.5) is 10.1 Å². The van der Waals surface area contributed by atoms with Crippen LogP contribution in [0.2, 0.25) is 0 Å². The van der Waals surface area contributed by atoms with Crippen LogP contribution >= 0.6 is 0 Å². The fourth-order valence-corrected chi connectivity index (χ4v) is 1.62. The Balaban J connectivity index is 2.26. The van der Waals surface area contributed by atoms with Gasteiger partial charge in [0.2, 0.25) is 0 Å². The van der Waals surface area contributed by atoms with Gasteiger partial charge in [0.1, 0.15) is 5.82 Å². The molecule has 1 aliphatic heterocycles. The molecule has 1 aromatic carbocycles. The lowest BCUT2D eigenvalue weighted by Gasteiger charge is -2.16. The summed E-state index contributed by atoms with van der Waals surface area (Å²) in [5, 5.41) is 13.3. The van der Waals surface area contributed by atoms with E-state index < -0.39 is 4.92 Å². The Kier molecular flexibility index (Phi) is 2.72. The Morgan fingerprint density at radius 3 is 2.75 bits per heavy atom. The third-order valence-electron chi connectivity index (χ3n) is 2.30. The summed E-state index contributed by atoms with van der Waals surface area (Å²) in [6.45, 7) is 1.27. The first kappa shape index (κ1) is 10.4. The summed E-state index contributed by atoms with van der Waals surface area (Å²) in [7, 11) is 0. The molecule has 1 N–H and O–H groups in total. The molecule has 2 rings (SSSR count). The molecule has 1 heterocycles. The average Bonchev–Trinajstić information content (AvgIpc) is 2.66. The second-order valence-electron chi connectivity index (χ2n) is 3.35. The van der Waals surface area contributed by atoms with E-state index in [0.717, 1.165) is 11.9 Å². The molecule has 1 aromatic rings. The summed E-state index contributed by atoms with van der Waals surface area (Å²) in [5.74, 6) is 0.104. The van der Waals surface area contributed by atoms with Crippen LogP contribution in [-0.4, -0.2) is 18.0 Å². The monoisotopic (exact) mass is 223 g/mol. The predicted molar refractivity (Wildman–Crippen MR) is 56.8 cm³/mol. The first-order chi connectivity index (χ1) is 7.66. The van der Waals surface area contributed by atoms with E-state index in [1.54, 1.807) is 17.0 Å². The Morgan fingerprint density at radius 2 is 2.12 bits per heavy atom. The van der Waals surface area contributed by atoms with Gasteiger partial charge in [-0.3, -0.25) is 10.1 Å². The Hall–Kier alpha value is -2.11. The number of nitro groups is 1. The Labute approximate surface area is 91.3 Å². The fraction of sp³-hybridized carbons (Fsp3) is 0.200. The first-order valence-electron chi connectivity index (χ1n) is 4.79. The van der Waals surface area contributed by atoms with E-state index in [-0.39, 0.29) is 5.82 Å². The average molecular weight is 223 g/mol. The molecule has 84 valence electrons. The third-order valence-corrected chi connectivity index (χ3v) is 2.30. The van der Waals surface area contributed by atoms with E-state index in [2.05, 4.69) is 5.32 Å². The molecule has 0 aromatic heterocycles. The van der Waals surface area contributed by atoms with Crippen LogP contribution in [-0.2, 0) is 0 Å². The van der Waals surface area contributed by atoms with Crippen molar-refractivity contribution in [2.45, 2.75) is 0 Å². The zero-order chi connectivity index (χ0) is 11.5. The molecule has 0 spiro atoms. The number of nitrogens with one attached hydrogen (secondary N) is 1. The van der Waals surface area contributed by atoms with Crippen molar-refractivity contribution >= 4 is 5.69 Å². The highest BCUT2D eigenvalue weighted by molar-refractivity contribution is 5.52. The van der Waals surface area contributed by atoms with Gasteiger partial charge in [0.05, 0.1) is 4.92 Å². The largest absolute Gasteiger partial charge is 0.365 e. The van der Waals surface area contributed by atoms with Gasteiger partial charge in [0, 0.05) is 18.8 Å². The number of rotatable bonds is 2. The minimum Gasteiger partial charge on any atom is -0.365 e. The van der Waals surface area contributed by atoms with Gasteiger partial charge in [0.15, 0.2) is 5.82 Å². The number of anilines is 1. The van der Waals surface area contributed by atoms with Gasteiger partial charge in [-0.1, -0.05) is 0 Å². The number of benzene rings is 1. The van der Waals surface area contributed by atoms with Gasteiger partial charge in [-0.25, -0.2) is 4.39 Å². The van der Waals surface area contributed by atoms with Crippen molar-refractivity contribution in [3.8, 4) is 0 Å². The topological polar surface area (TPSA) is 58.4 Å². The van der Waals surface area contributed by atoms with Gasteiger partial charge < -0.3 is 10.2 Å². The molecule has 0 atom stereocenters. The molecule has 6 heteroatoms. The van der Waals surface area contributed by atoms with Gasteiger partial charge >= 0.3 is 0 Å².